The molecule has 2 fully saturated rings. The first-order chi connectivity index (χ1) is 9.60. The number of amides is 2. The maximum absolute atomic E-state index is 11.8. The molecule has 2 amide bonds. The van der Waals surface area contributed by atoms with Crippen molar-refractivity contribution in [1.29, 1.82) is 0 Å². The molecule has 0 radical (unpaired) electrons. The van der Waals surface area contributed by atoms with E-state index in [0.717, 1.165) is 19.3 Å². The van der Waals surface area contributed by atoms with Gasteiger partial charge >= 0.3 is 12.0 Å². The van der Waals surface area contributed by atoms with E-state index in [1.54, 1.807) is 0 Å². The van der Waals surface area contributed by atoms with E-state index in [9.17, 15) is 9.59 Å². The predicted molar refractivity (Wildman–Crippen MR) is 80.0 cm³/mol. The lowest BCUT2D eigenvalue weighted by molar-refractivity contribution is -0.141. The highest BCUT2D eigenvalue weighted by molar-refractivity contribution is 7.99. The summed E-state index contributed by atoms with van der Waals surface area (Å²) in [6.07, 6.45) is 6.73. The van der Waals surface area contributed by atoms with Gasteiger partial charge in [0.2, 0.25) is 0 Å². The Morgan fingerprint density at radius 2 is 2.00 bits per heavy atom. The number of urea groups is 1. The Morgan fingerprint density at radius 3 is 2.55 bits per heavy atom. The Kier molecular flexibility index (Phi) is 5.57. The van der Waals surface area contributed by atoms with Crippen molar-refractivity contribution in [1.82, 2.24) is 10.6 Å². The third kappa shape index (κ3) is 4.58. The van der Waals surface area contributed by atoms with Crippen LogP contribution in [0.3, 0.4) is 0 Å². The molecular formula is C14H24N2O3S. The first kappa shape index (κ1) is 15.5. The number of carbonyl (C=O) groups excluding carboxylic acids is 1. The van der Waals surface area contributed by atoms with E-state index in [1.807, 2.05) is 11.8 Å². The van der Waals surface area contributed by atoms with Crippen molar-refractivity contribution in [2.45, 2.75) is 50.2 Å². The molecule has 1 saturated carbocycles. The third-order valence-electron chi connectivity index (χ3n) is 4.33. The fourth-order valence-electron chi connectivity index (χ4n) is 2.92. The van der Waals surface area contributed by atoms with Gasteiger partial charge in [0.25, 0.3) is 0 Å². The molecule has 1 unspecified atom stereocenters. The van der Waals surface area contributed by atoms with Crippen LogP contribution in [0, 0.1) is 5.41 Å². The number of nitrogens with one attached hydrogen (secondary N) is 2. The maximum Gasteiger partial charge on any atom is 0.314 e. The zero-order chi connectivity index (χ0) is 14.4. The summed E-state index contributed by atoms with van der Waals surface area (Å²) >= 11 is 1.93. The Hall–Kier alpha value is -0.910. The summed E-state index contributed by atoms with van der Waals surface area (Å²) in [4.78, 5) is 22.6. The van der Waals surface area contributed by atoms with Crippen LogP contribution < -0.4 is 10.6 Å². The van der Waals surface area contributed by atoms with E-state index in [4.69, 9.17) is 5.11 Å². The number of hydrogen-bond donors (Lipinski definition) is 3. The Balaban J connectivity index is 1.65. The molecule has 1 heterocycles. The summed E-state index contributed by atoms with van der Waals surface area (Å²) in [7, 11) is 0. The molecule has 0 spiro atoms. The van der Waals surface area contributed by atoms with Crippen LogP contribution >= 0.6 is 11.8 Å². The Labute approximate surface area is 124 Å². The monoisotopic (exact) mass is 300 g/mol. The molecule has 1 aliphatic heterocycles. The van der Waals surface area contributed by atoms with Gasteiger partial charge in [-0.1, -0.05) is 12.8 Å². The van der Waals surface area contributed by atoms with Gasteiger partial charge in [-0.15, -0.1) is 0 Å². The van der Waals surface area contributed by atoms with Crippen LogP contribution in [0.2, 0.25) is 0 Å². The van der Waals surface area contributed by atoms with Crippen molar-refractivity contribution in [3.8, 4) is 0 Å². The van der Waals surface area contributed by atoms with Crippen LogP contribution in [0.5, 0.6) is 0 Å². The molecule has 2 rings (SSSR count). The van der Waals surface area contributed by atoms with Crippen molar-refractivity contribution in [2.75, 3.05) is 18.8 Å². The molecule has 0 bridgehead atoms. The van der Waals surface area contributed by atoms with Gasteiger partial charge in [0.1, 0.15) is 0 Å². The van der Waals surface area contributed by atoms with Gasteiger partial charge < -0.3 is 15.7 Å². The number of hydrogen-bond acceptors (Lipinski definition) is 3. The first-order valence-corrected chi connectivity index (χ1v) is 8.50. The van der Waals surface area contributed by atoms with E-state index in [0.29, 0.717) is 18.3 Å². The minimum absolute atomic E-state index is 0.158. The topological polar surface area (TPSA) is 78.4 Å². The molecule has 20 heavy (non-hydrogen) atoms. The smallest absolute Gasteiger partial charge is 0.314 e. The maximum atomic E-state index is 11.8. The summed E-state index contributed by atoms with van der Waals surface area (Å²) in [5.74, 6) is 0.417. The van der Waals surface area contributed by atoms with E-state index >= 15 is 0 Å². The van der Waals surface area contributed by atoms with Crippen LogP contribution in [0.1, 0.15) is 44.9 Å². The van der Waals surface area contributed by atoms with Crippen molar-refractivity contribution >= 4 is 23.8 Å². The van der Waals surface area contributed by atoms with Crippen molar-refractivity contribution in [3.63, 3.8) is 0 Å². The molecule has 5 nitrogen and oxygen atoms in total. The van der Waals surface area contributed by atoms with Crippen molar-refractivity contribution in [3.05, 3.63) is 0 Å². The molecule has 0 aromatic rings. The fraction of sp³-hybridized carbons (Fsp3) is 0.857. The van der Waals surface area contributed by atoms with E-state index < -0.39 is 5.97 Å². The zero-order valence-electron chi connectivity index (χ0n) is 11.8. The van der Waals surface area contributed by atoms with E-state index in [2.05, 4.69) is 10.6 Å². The zero-order valence-corrected chi connectivity index (χ0v) is 12.6. The highest BCUT2D eigenvalue weighted by Crippen LogP contribution is 2.43. The lowest BCUT2D eigenvalue weighted by atomic mass is 9.66. The summed E-state index contributed by atoms with van der Waals surface area (Å²) in [6, 6.07) is -0.159. The lowest BCUT2D eigenvalue weighted by Gasteiger charge is -2.40. The van der Waals surface area contributed by atoms with Crippen LogP contribution in [-0.4, -0.2) is 41.2 Å². The van der Waals surface area contributed by atoms with Crippen LogP contribution in [0.15, 0.2) is 0 Å². The minimum atomic E-state index is -0.773. The van der Waals surface area contributed by atoms with Crippen molar-refractivity contribution in [2.24, 2.45) is 5.41 Å². The Bertz CT molecular complexity index is 352. The number of carbonyl (C=O) groups is 2. The summed E-state index contributed by atoms with van der Waals surface area (Å²) in [5.41, 5.74) is -0.206. The van der Waals surface area contributed by atoms with Gasteiger partial charge in [-0.25, -0.2) is 4.79 Å². The summed E-state index contributed by atoms with van der Waals surface area (Å²) in [6.45, 7) is 1.19. The normalized spacial score (nSPS) is 24.5. The van der Waals surface area contributed by atoms with Gasteiger partial charge in [-0.3, -0.25) is 4.79 Å². The standard InChI is InChI=1S/C14H24N2O3S/c17-12(18)8-14(5-3-6-14)10-16-13(19)15-9-11-4-1-2-7-20-11/h11H,1-10H2,(H,17,18)(H2,15,16,19). The largest absolute Gasteiger partial charge is 0.481 e. The highest BCUT2D eigenvalue weighted by Gasteiger charge is 2.39. The van der Waals surface area contributed by atoms with E-state index in [-0.39, 0.29) is 17.9 Å². The second kappa shape index (κ2) is 7.20. The molecule has 1 atom stereocenters. The second-order valence-electron chi connectivity index (χ2n) is 5.98. The number of rotatable bonds is 6. The quantitative estimate of drug-likeness (QED) is 0.703. The number of aliphatic carboxylic acids is 1. The second-order valence-corrected chi connectivity index (χ2v) is 7.38. The molecule has 6 heteroatoms. The van der Waals surface area contributed by atoms with Gasteiger partial charge in [-0.05, 0) is 36.9 Å². The Morgan fingerprint density at radius 1 is 1.20 bits per heavy atom. The van der Waals surface area contributed by atoms with E-state index in [1.165, 1.54) is 25.0 Å². The summed E-state index contributed by atoms with van der Waals surface area (Å²) < 4.78 is 0. The van der Waals surface area contributed by atoms with Gasteiger partial charge in [0, 0.05) is 18.3 Å². The molecule has 1 aliphatic carbocycles. The lowest BCUT2D eigenvalue weighted by Crippen LogP contribution is -2.47. The number of thioether (sulfide) groups is 1. The molecule has 2 aliphatic rings. The highest BCUT2D eigenvalue weighted by atomic mass is 32.2. The molecule has 0 aromatic heterocycles. The fourth-order valence-corrected chi connectivity index (χ4v) is 4.16. The molecule has 0 aromatic carbocycles. The van der Waals surface area contributed by atoms with Gasteiger partial charge in [-0.2, -0.15) is 11.8 Å². The average molecular weight is 300 g/mol. The number of carboxylic acids is 1. The van der Waals surface area contributed by atoms with Gasteiger partial charge in [0.15, 0.2) is 0 Å². The average Bonchev–Trinajstić information content (AvgIpc) is 2.40. The minimum Gasteiger partial charge on any atom is -0.481 e. The SMILES string of the molecule is O=C(O)CC1(CNC(=O)NCC2CCCCS2)CCC1. The van der Waals surface area contributed by atoms with Crippen molar-refractivity contribution < 1.29 is 14.7 Å². The summed E-state index contributed by atoms with van der Waals surface area (Å²) in [5, 5.41) is 15.2. The third-order valence-corrected chi connectivity index (χ3v) is 5.73. The molecule has 114 valence electrons. The molecule has 3 N–H and O–H groups in total. The predicted octanol–water partition coefficient (Wildman–Crippen LogP) is 2.22. The molecule has 1 saturated heterocycles. The molecular weight excluding hydrogens is 276 g/mol. The van der Waals surface area contributed by atoms with Crippen LogP contribution in [0.4, 0.5) is 4.79 Å². The number of carboxylic acid groups (broad SMARTS) is 1. The first-order valence-electron chi connectivity index (χ1n) is 7.45. The van der Waals surface area contributed by atoms with Crippen LogP contribution in [0.25, 0.3) is 0 Å². The van der Waals surface area contributed by atoms with Crippen LogP contribution in [-0.2, 0) is 4.79 Å². The van der Waals surface area contributed by atoms with Gasteiger partial charge in [0.05, 0.1) is 6.42 Å².